The lowest BCUT2D eigenvalue weighted by Gasteiger charge is -2.28. The average Bonchev–Trinajstić information content (AvgIpc) is 3.22. The van der Waals surface area contributed by atoms with Crippen LogP contribution in [0.5, 0.6) is 0 Å². The maximum absolute atomic E-state index is 12.8. The van der Waals surface area contributed by atoms with Crippen LogP contribution in [0.3, 0.4) is 0 Å². The second-order valence-electron chi connectivity index (χ2n) is 7.93. The van der Waals surface area contributed by atoms with Gasteiger partial charge < -0.3 is 10.4 Å². The van der Waals surface area contributed by atoms with Gasteiger partial charge in [-0.15, -0.1) is 0 Å². The van der Waals surface area contributed by atoms with Crippen LogP contribution in [0.2, 0.25) is 0 Å². The first-order valence-electron chi connectivity index (χ1n) is 9.55. The topological polar surface area (TPSA) is 66.4 Å². The van der Waals surface area contributed by atoms with E-state index in [9.17, 15) is 14.7 Å². The van der Waals surface area contributed by atoms with Crippen molar-refractivity contribution in [1.29, 1.82) is 0 Å². The van der Waals surface area contributed by atoms with Crippen LogP contribution in [0.15, 0.2) is 24.3 Å². The Bertz CT molecular complexity index is 639. The number of nitrogens with one attached hydrogen (secondary N) is 1. The molecule has 25 heavy (non-hydrogen) atoms. The number of rotatable bonds is 6. The molecule has 2 aliphatic rings. The van der Waals surface area contributed by atoms with Crippen molar-refractivity contribution in [3.63, 3.8) is 0 Å². The molecule has 2 aliphatic carbocycles. The van der Waals surface area contributed by atoms with E-state index < -0.39 is 11.9 Å². The molecule has 1 amide bonds. The SMILES string of the molecule is CCC(C)c1ccc(C(C)NC(=O)C2C3CCC(C3)C2C(=O)O)cc1. The van der Waals surface area contributed by atoms with E-state index in [1.807, 2.05) is 6.92 Å². The van der Waals surface area contributed by atoms with Gasteiger partial charge in [0, 0.05) is 0 Å². The summed E-state index contributed by atoms with van der Waals surface area (Å²) in [5.41, 5.74) is 2.37. The van der Waals surface area contributed by atoms with Gasteiger partial charge >= 0.3 is 5.97 Å². The Morgan fingerprint density at radius 2 is 1.64 bits per heavy atom. The van der Waals surface area contributed by atoms with Crippen molar-refractivity contribution < 1.29 is 14.7 Å². The number of hydrogen-bond acceptors (Lipinski definition) is 2. The van der Waals surface area contributed by atoms with Crippen molar-refractivity contribution in [2.45, 2.75) is 58.4 Å². The minimum Gasteiger partial charge on any atom is -0.481 e. The Morgan fingerprint density at radius 3 is 2.20 bits per heavy atom. The molecule has 1 aromatic carbocycles. The number of amides is 1. The third-order valence-electron chi connectivity index (χ3n) is 6.48. The number of benzene rings is 1. The zero-order valence-electron chi connectivity index (χ0n) is 15.4. The maximum Gasteiger partial charge on any atom is 0.307 e. The summed E-state index contributed by atoms with van der Waals surface area (Å²) in [6, 6.07) is 8.30. The second-order valence-corrected chi connectivity index (χ2v) is 7.93. The first-order chi connectivity index (χ1) is 11.9. The van der Waals surface area contributed by atoms with Crippen molar-refractivity contribution in [2.75, 3.05) is 0 Å². The molecule has 2 fully saturated rings. The molecule has 6 unspecified atom stereocenters. The second kappa shape index (κ2) is 7.19. The molecule has 4 heteroatoms. The number of fused-ring (bicyclic) bond motifs is 2. The lowest BCUT2D eigenvalue weighted by Crippen LogP contribution is -2.42. The fourth-order valence-corrected chi connectivity index (χ4v) is 4.77. The summed E-state index contributed by atoms with van der Waals surface area (Å²) in [7, 11) is 0. The summed E-state index contributed by atoms with van der Waals surface area (Å²) in [4.78, 5) is 24.4. The Hall–Kier alpha value is -1.84. The van der Waals surface area contributed by atoms with E-state index in [1.54, 1.807) is 0 Å². The van der Waals surface area contributed by atoms with Gasteiger partial charge in [0.05, 0.1) is 17.9 Å². The Balaban J connectivity index is 1.67. The standard InChI is InChI=1S/C21H29NO3/c1-4-12(2)14-5-7-15(8-6-14)13(3)22-20(23)18-16-9-10-17(11-16)19(18)21(24)25/h5-8,12-13,16-19H,4,9-11H2,1-3H3,(H,22,23)(H,24,25). The molecule has 0 aliphatic heterocycles. The fraction of sp³-hybridized carbons (Fsp3) is 0.619. The molecular weight excluding hydrogens is 314 g/mol. The van der Waals surface area contributed by atoms with Crippen molar-refractivity contribution in [3.05, 3.63) is 35.4 Å². The molecule has 0 radical (unpaired) electrons. The molecule has 0 spiro atoms. The third kappa shape index (κ3) is 3.44. The fourth-order valence-electron chi connectivity index (χ4n) is 4.77. The summed E-state index contributed by atoms with van der Waals surface area (Å²) >= 11 is 0. The van der Waals surface area contributed by atoms with Gasteiger partial charge in [-0.2, -0.15) is 0 Å². The highest BCUT2D eigenvalue weighted by atomic mass is 16.4. The van der Waals surface area contributed by atoms with Gasteiger partial charge in [0.15, 0.2) is 0 Å². The van der Waals surface area contributed by atoms with Gasteiger partial charge in [0.1, 0.15) is 0 Å². The Labute approximate surface area is 150 Å². The van der Waals surface area contributed by atoms with Crippen LogP contribution >= 0.6 is 0 Å². The Kier molecular flexibility index (Phi) is 5.16. The molecule has 136 valence electrons. The van der Waals surface area contributed by atoms with E-state index >= 15 is 0 Å². The van der Waals surface area contributed by atoms with Gasteiger partial charge in [-0.05, 0) is 61.5 Å². The van der Waals surface area contributed by atoms with Crippen LogP contribution in [0, 0.1) is 23.7 Å². The molecule has 2 bridgehead atoms. The van der Waals surface area contributed by atoms with E-state index in [4.69, 9.17) is 0 Å². The van der Waals surface area contributed by atoms with Crippen LogP contribution in [0.4, 0.5) is 0 Å². The van der Waals surface area contributed by atoms with Crippen molar-refractivity contribution in [1.82, 2.24) is 5.32 Å². The summed E-state index contributed by atoms with van der Waals surface area (Å²) < 4.78 is 0. The van der Waals surface area contributed by atoms with E-state index in [1.165, 1.54) is 5.56 Å². The molecule has 2 N–H and O–H groups in total. The third-order valence-corrected chi connectivity index (χ3v) is 6.48. The number of carbonyl (C=O) groups excluding carboxylic acids is 1. The molecule has 1 aromatic rings. The highest BCUT2D eigenvalue weighted by Crippen LogP contribution is 2.52. The monoisotopic (exact) mass is 343 g/mol. The van der Waals surface area contributed by atoms with Gasteiger partial charge in [-0.3, -0.25) is 9.59 Å². The molecule has 4 nitrogen and oxygen atoms in total. The van der Waals surface area contributed by atoms with Gasteiger partial charge in [0.25, 0.3) is 0 Å². The number of carboxylic acids is 1. The van der Waals surface area contributed by atoms with E-state index in [0.29, 0.717) is 5.92 Å². The predicted octanol–water partition coefficient (Wildman–Crippen LogP) is 4.12. The highest BCUT2D eigenvalue weighted by molar-refractivity contribution is 5.86. The number of carbonyl (C=O) groups is 2. The van der Waals surface area contributed by atoms with Gasteiger partial charge in [0.2, 0.25) is 5.91 Å². The van der Waals surface area contributed by atoms with Crippen molar-refractivity contribution >= 4 is 11.9 Å². The van der Waals surface area contributed by atoms with Crippen molar-refractivity contribution in [2.24, 2.45) is 23.7 Å². The van der Waals surface area contributed by atoms with E-state index in [0.717, 1.165) is 31.2 Å². The van der Waals surface area contributed by atoms with Crippen LogP contribution in [0.25, 0.3) is 0 Å². The zero-order valence-corrected chi connectivity index (χ0v) is 15.4. The number of carboxylic acid groups (broad SMARTS) is 1. The van der Waals surface area contributed by atoms with Crippen LogP contribution in [-0.2, 0) is 9.59 Å². The summed E-state index contributed by atoms with van der Waals surface area (Å²) in [6.45, 7) is 6.36. The zero-order chi connectivity index (χ0) is 18.1. The summed E-state index contributed by atoms with van der Waals surface area (Å²) in [6.07, 6.45) is 3.95. The lowest BCUT2D eigenvalue weighted by molar-refractivity contribution is -0.149. The lowest BCUT2D eigenvalue weighted by atomic mass is 9.78. The molecule has 3 rings (SSSR count). The van der Waals surface area contributed by atoms with Crippen LogP contribution in [0.1, 0.15) is 69.5 Å². The first-order valence-corrected chi connectivity index (χ1v) is 9.55. The summed E-state index contributed by atoms with van der Waals surface area (Å²) in [5.74, 6) is -0.799. The molecule has 0 saturated heterocycles. The Morgan fingerprint density at radius 1 is 1.08 bits per heavy atom. The summed E-state index contributed by atoms with van der Waals surface area (Å²) in [5, 5.41) is 12.6. The first kappa shape index (κ1) is 18.0. The number of hydrogen-bond donors (Lipinski definition) is 2. The largest absolute Gasteiger partial charge is 0.481 e. The minimum atomic E-state index is -0.807. The molecule has 2 saturated carbocycles. The van der Waals surface area contributed by atoms with E-state index in [-0.39, 0.29) is 29.7 Å². The maximum atomic E-state index is 12.8. The van der Waals surface area contributed by atoms with Gasteiger partial charge in [-0.1, -0.05) is 38.1 Å². The van der Waals surface area contributed by atoms with Gasteiger partial charge in [-0.25, -0.2) is 0 Å². The quantitative estimate of drug-likeness (QED) is 0.816. The molecule has 0 heterocycles. The minimum absolute atomic E-state index is 0.0851. The predicted molar refractivity (Wildman–Crippen MR) is 97.2 cm³/mol. The smallest absolute Gasteiger partial charge is 0.307 e. The van der Waals surface area contributed by atoms with Crippen LogP contribution < -0.4 is 5.32 Å². The van der Waals surface area contributed by atoms with E-state index in [2.05, 4.69) is 43.4 Å². The molecular formula is C21H29NO3. The molecule has 6 atom stereocenters. The van der Waals surface area contributed by atoms with Crippen LogP contribution in [-0.4, -0.2) is 17.0 Å². The van der Waals surface area contributed by atoms with Crippen molar-refractivity contribution in [3.8, 4) is 0 Å². The highest BCUT2D eigenvalue weighted by Gasteiger charge is 2.54. The normalized spacial score (nSPS) is 30.0. The average molecular weight is 343 g/mol. The molecule has 0 aromatic heterocycles. The number of aliphatic carboxylic acids is 1.